The van der Waals surface area contributed by atoms with Gasteiger partial charge in [-0.15, -0.1) is 0 Å². The van der Waals surface area contributed by atoms with Crippen LogP contribution in [0.3, 0.4) is 0 Å². The molecule has 2 nitrogen and oxygen atoms in total. The smallest absolute Gasteiger partial charge is 0.0828 e. The van der Waals surface area contributed by atoms with Crippen LogP contribution in [0.4, 0.5) is 0 Å². The van der Waals surface area contributed by atoms with Crippen molar-refractivity contribution in [1.29, 1.82) is 0 Å². The number of hydrogen-bond donors (Lipinski definition) is 0. The fourth-order valence-electron chi connectivity index (χ4n) is 1.12. The Bertz CT molecular complexity index is 122. The van der Waals surface area contributed by atoms with Crippen LogP contribution in [0.2, 0.25) is 0 Å². The van der Waals surface area contributed by atoms with Gasteiger partial charge >= 0.3 is 0 Å². The summed E-state index contributed by atoms with van der Waals surface area (Å²) in [6, 6.07) is 0. The minimum Gasteiger partial charge on any atom is -0.375 e. The number of likely N-dealkylation sites (tertiary alicyclic amines) is 1. The van der Waals surface area contributed by atoms with Crippen molar-refractivity contribution in [3.8, 4) is 0 Å². The van der Waals surface area contributed by atoms with E-state index in [-0.39, 0.29) is 0 Å². The summed E-state index contributed by atoms with van der Waals surface area (Å²) in [5.74, 6) is 0. The zero-order valence-electron chi connectivity index (χ0n) is 8.05. The molecule has 1 saturated heterocycles. The van der Waals surface area contributed by atoms with Gasteiger partial charge in [0.25, 0.3) is 0 Å². The van der Waals surface area contributed by atoms with E-state index in [0.29, 0.717) is 11.5 Å². The van der Waals surface area contributed by atoms with Crippen LogP contribution >= 0.6 is 0 Å². The second-order valence-corrected chi connectivity index (χ2v) is 4.71. The Kier molecular flexibility index (Phi) is 2.55. The van der Waals surface area contributed by atoms with Gasteiger partial charge in [0.2, 0.25) is 0 Å². The molecule has 0 atom stereocenters. The van der Waals surface area contributed by atoms with Crippen LogP contribution in [-0.2, 0) is 4.74 Å². The van der Waals surface area contributed by atoms with Gasteiger partial charge in [0.15, 0.2) is 0 Å². The van der Waals surface area contributed by atoms with Crippen LogP contribution in [0.5, 0.6) is 0 Å². The molecule has 0 aromatic rings. The normalized spacial score (nSPS) is 21.8. The Hall–Kier alpha value is -0.0800. The molecule has 0 aromatic heterocycles. The molecule has 0 spiro atoms. The van der Waals surface area contributed by atoms with Gasteiger partial charge in [0.1, 0.15) is 0 Å². The van der Waals surface area contributed by atoms with Gasteiger partial charge in [-0.2, -0.15) is 0 Å². The predicted molar refractivity (Wildman–Crippen MR) is 46.7 cm³/mol. The van der Waals surface area contributed by atoms with Gasteiger partial charge in [-0.05, 0) is 12.5 Å². The Morgan fingerprint density at radius 3 is 2.27 bits per heavy atom. The fourth-order valence-corrected chi connectivity index (χ4v) is 1.12. The number of hydrogen-bond acceptors (Lipinski definition) is 2. The fraction of sp³-hybridized carbons (Fsp3) is 1.00. The maximum atomic E-state index is 5.67. The Balaban J connectivity index is 2.05. The third kappa shape index (κ3) is 3.21. The lowest BCUT2D eigenvalue weighted by atomic mass is 9.98. The molecule has 0 saturated carbocycles. The molecule has 1 aliphatic heterocycles. The lowest BCUT2D eigenvalue weighted by molar-refractivity contribution is -0.0665. The van der Waals surface area contributed by atoms with E-state index in [1.54, 1.807) is 0 Å². The first-order valence-corrected chi connectivity index (χ1v) is 4.27. The molecule has 0 aromatic carbocycles. The zero-order valence-corrected chi connectivity index (χ0v) is 8.05. The highest BCUT2D eigenvalue weighted by atomic mass is 16.5. The van der Waals surface area contributed by atoms with Gasteiger partial charge in [0, 0.05) is 13.1 Å². The monoisotopic (exact) mass is 157 g/mol. The van der Waals surface area contributed by atoms with Crippen LogP contribution in [0, 0.1) is 5.41 Å². The van der Waals surface area contributed by atoms with Crippen LogP contribution in [0.1, 0.15) is 20.8 Å². The summed E-state index contributed by atoms with van der Waals surface area (Å²) in [6.45, 7) is 9.71. The van der Waals surface area contributed by atoms with Crippen LogP contribution in [-0.4, -0.2) is 37.7 Å². The van der Waals surface area contributed by atoms with E-state index in [4.69, 9.17) is 4.74 Å². The van der Waals surface area contributed by atoms with Gasteiger partial charge in [-0.3, -0.25) is 0 Å². The molecule has 0 radical (unpaired) electrons. The lowest BCUT2D eigenvalue weighted by Gasteiger charge is -2.37. The van der Waals surface area contributed by atoms with E-state index < -0.39 is 0 Å². The second-order valence-electron chi connectivity index (χ2n) is 4.71. The van der Waals surface area contributed by atoms with Crippen molar-refractivity contribution in [3.05, 3.63) is 0 Å². The van der Waals surface area contributed by atoms with Crippen molar-refractivity contribution in [2.24, 2.45) is 5.41 Å². The average molecular weight is 157 g/mol. The lowest BCUT2D eigenvalue weighted by Crippen LogP contribution is -2.50. The standard InChI is InChI=1S/C9H19NO/c1-9(2,3)7-11-8-5-10(4)6-8/h8H,5-7H2,1-4H3. The first-order chi connectivity index (χ1) is 4.97. The number of nitrogens with zero attached hydrogens (tertiary/aromatic N) is 1. The molecule has 0 N–H and O–H groups in total. The average Bonchev–Trinajstić information content (AvgIpc) is 1.75. The molecule has 2 heteroatoms. The molecule has 1 fully saturated rings. The van der Waals surface area contributed by atoms with E-state index in [1.165, 1.54) is 0 Å². The molecule has 11 heavy (non-hydrogen) atoms. The summed E-state index contributed by atoms with van der Waals surface area (Å²) in [5.41, 5.74) is 0.314. The SMILES string of the molecule is CN1CC(OCC(C)(C)C)C1. The van der Waals surface area contributed by atoms with E-state index >= 15 is 0 Å². The highest BCUT2D eigenvalue weighted by Crippen LogP contribution is 2.17. The second kappa shape index (κ2) is 3.11. The highest BCUT2D eigenvalue weighted by molar-refractivity contribution is 4.78. The number of ether oxygens (including phenoxy) is 1. The first-order valence-electron chi connectivity index (χ1n) is 4.27. The van der Waals surface area contributed by atoms with E-state index in [2.05, 4.69) is 32.7 Å². The zero-order chi connectivity index (χ0) is 8.48. The van der Waals surface area contributed by atoms with Crippen molar-refractivity contribution >= 4 is 0 Å². The third-order valence-corrected chi connectivity index (χ3v) is 1.78. The van der Waals surface area contributed by atoms with Gasteiger partial charge in [-0.25, -0.2) is 0 Å². The summed E-state index contributed by atoms with van der Waals surface area (Å²) in [4.78, 5) is 2.27. The molecule has 0 amide bonds. The minimum atomic E-state index is 0.314. The largest absolute Gasteiger partial charge is 0.375 e. The van der Waals surface area contributed by atoms with E-state index in [0.717, 1.165) is 19.7 Å². The van der Waals surface area contributed by atoms with Gasteiger partial charge < -0.3 is 9.64 Å². The van der Waals surface area contributed by atoms with E-state index in [1.807, 2.05) is 0 Å². The topological polar surface area (TPSA) is 12.5 Å². The van der Waals surface area contributed by atoms with Crippen molar-refractivity contribution in [3.63, 3.8) is 0 Å². The van der Waals surface area contributed by atoms with Gasteiger partial charge in [-0.1, -0.05) is 20.8 Å². The van der Waals surface area contributed by atoms with Crippen molar-refractivity contribution in [2.45, 2.75) is 26.9 Å². The van der Waals surface area contributed by atoms with Crippen molar-refractivity contribution in [2.75, 3.05) is 26.7 Å². The van der Waals surface area contributed by atoms with Gasteiger partial charge in [0.05, 0.1) is 12.7 Å². The summed E-state index contributed by atoms with van der Waals surface area (Å²) in [6.07, 6.45) is 0.499. The molecular formula is C9H19NO. The summed E-state index contributed by atoms with van der Waals surface area (Å²) < 4.78 is 5.67. The minimum absolute atomic E-state index is 0.314. The third-order valence-electron chi connectivity index (χ3n) is 1.78. The Labute approximate surface area is 69.5 Å². The molecular weight excluding hydrogens is 138 g/mol. The number of likely N-dealkylation sites (N-methyl/N-ethyl adjacent to an activating group) is 1. The summed E-state index contributed by atoms with van der Waals surface area (Å²) in [5, 5.41) is 0. The molecule has 1 aliphatic rings. The molecule has 0 aliphatic carbocycles. The summed E-state index contributed by atoms with van der Waals surface area (Å²) in [7, 11) is 2.12. The molecule has 1 heterocycles. The maximum absolute atomic E-state index is 5.67. The maximum Gasteiger partial charge on any atom is 0.0828 e. The molecule has 0 bridgehead atoms. The van der Waals surface area contributed by atoms with Crippen LogP contribution in [0.25, 0.3) is 0 Å². The van der Waals surface area contributed by atoms with E-state index in [9.17, 15) is 0 Å². The summed E-state index contributed by atoms with van der Waals surface area (Å²) >= 11 is 0. The van der Waals surface area contributed by atoms with Crippen molar-refractivity contribution in [1.82, 2.24) is 4.90 Å². The van der Waals surface area contributed by atoms with Crippen LogP contribution < -0.4 is 0 Å². The predicted octanol–water partition coefficient (Wildman–Crippen LogP) is 1.36. The molecule has 66 valence electrons. The number of rotatable bonds is 2. The Morgan fingerprint density at radius 2 is 1.91 bits per heavy atom. The van der Waals surface area contributed by atoms with Crippen molar-refractivity contribution < 1.29 is 4.74 Å². The Morgan fingerprint density at radius 1 is 1.36 bits per heavy atom. The molecule has 1 rings (SSSR count). The quantitative estimate of drug-likeness (QED) is 0.600. The highest BCUT2D eigenvalue weighted by Gasteiger charge is 2.25. The van der Waals surface area contributed by atoms with Crippen LogP contribution in [0.15, 0.2) is 0 Å². The first kappa shape index (κ1) is 9.01. The molecule has 0 unspecified atom stereocenters.